The minimum Gasteiger partial charge on any atom is -0.207 e. The number of halogens is 2. The van der Waals surface area contributed by atoms with Gasteiger partial charge < -0.3 is 0 Å². The van der Waals surface area contributed by atoms with E-state index in [0.29, 0.717) is 17.4 Å². The van der Waals surface area contributed by atoms with E-state index in [-0.39, 0.29) is 17.6 Å². The molecule has 0 spiro atoms. The second-order valence-corrected chi connectivity index (χ2v) is 10.2. The molecule has 2 aliphatic rings. The smallest absolute Gasteiger partial charge is 0.134 e. The average Bonchev–Trinajstić information content (AvgIpc) is 2.78. The molecular weight excluding hydrogens is 386 g/mol. The van der Waals surface area contributed by atoms with Crippen LogP contribution in [-0.2, 0) is 6.42 Å². The van der Waals surface area contributed by atoms with E-state index in [1.165, 1.54) is 57.4 Å². The van der Waals surface area contributed by atoms with Crippen LogP contribution < -0.4 is 0 Å². The van der Waals surface area contributed by atoms with Crippen LogP contribution in [0.15, 0.2) is 36.9 Å². The van der Waals surface area contributed by atoms with Crippen LogP contribution in [0.1, 0.15) is 94.6 Å². The molecule has 2 fully saturated rings. The van der Waals surface area contributed by atoms with Gasteiger partial charge in [-0.2, -0.15) is 0 Å². The van der Waals surface area contributed by atoms with Crippen molar-refractivity contribution in [3.05, 3.63) is 59.7 Å². The Labute approximate surface area is 187 Å². The number of allylic oxidation sites excluding steroid dienone is 1. The highest BCUT2D eigenvalue weighted by molar-refractivity contribution is 5.85. The molecule has 0 saturated heterocycles. The number of hydrogen-bond donors (Lipinski definition) is 0. The molecule has 0 aliphatic heterocycles. The van der Waals surface area contributed by atoms with Crippen molar-refractivity contribution in [2.24, 2.45) is 17.8 Å². The zero-order valence-corrected chi connectivity index (χ0v) is 19.1. The van der Waals surface area contributed by atoms with Crippen LogP contribution in [0.4, 0.5) is 8.78 Å². The fourth-order valence-electron chi connectivity index (χ4n) is 6.35. The fraction of sp³-hybridized carbons (Fsp3) is 0.586. The quantitative estimate of drug-likeness (QED) is 0.293. The van der Waals surface area contributed by atoms with Crippen LogP contribution in [0.25, 0.3) is 10.8 Å². The Hall–Kier alpha value is -1.70. The Bertz CT molecular complexity index is 899. The molecule has 31 heavy (non-hydrogen) atoms. The topological polar surface area (TPSA) is 0 Å². The summed E-state index contributed by atoms with van der Waals surface area (Å²) < 4.78 is 30.1. The number of benzene rings is 2. The highest BCUT2D eigenvalue weighted by Crippen LogP contribution is 2.49. The summed E-state index contributed by atoms with van der Waals surface area (Å²) in [6.45, 7) is 5.99. The lowest BCUT2D eigenvalue weighted by Crippen LogP contribution is -2.30. The maximum Gasteiger partial charge on any atom is 0.134 e. The van der Waals surface area contributed by atoms with Gasteiger partial charge in [-0.05, 0) is 97.3 Å². The first-order valence-electron chi connectivity index (χ1n) is 12.6. The summed E-state index contributed by atoms with van der Waals surface area (Å²) >= 11 is 0. The third kappa shape index (κ3) is 5.04. The van der Waals surface area contributed by atoms with Crippen LogP contribution in [0, 0.1) is 29.4 Å². The molecule has 2 aromatic rings. The second kappa shape index (κ2) is 10.3. The summed E-state index contributed by atoms with van der Waals surface area (Å²) in [4.78, 5) is 0. The summed E-state index contributed by atoms with van der Waals surface area (Å²) in [5.74, 6) is 2.30. The molecule has 4 atom stereocenters. The van der Waals surface area contributed by atoms with Crippen molar-refractivity contribution < 1.29 is 8.78 Å². The maximum atomic E-state index is 15.1. The van der Waals surface area contributed by atoms with E-state index in [1.807, 2.05) is 18.2 Å². The Morgan fingerprint density at radius 3 is 2.61 bits per heavy atom. The molecule has 0 amide bonds. The molecule has 0 aromatic heterocycles. The standard InChI is InChI=1S/C29H38F2/c1-3-5-7-8-20-10-11-23-17-24(15-13-22(23)16-20)26-18-25-14-12-21(9-6-4-2)29(31)27(25)19-28(26)30/h4,12,14,18-20,22-24H,2-3,5-11,13,15-17H2,1H3/t20?,22-,23?,24-/m1/s1. The molecular formula is C29H38F2. The summed E-state index contributed by atoms with van der Waals surface area (Å²) in [5.41, 5.74) is 1.46. The van der Waals surface area contributed by atoms with Crippen LogP contribution in [0.5, 0.6) is 0 Å². The van der Waals surface area contributed by atoms with Crippen molar-refractivity contribution in [3.8, 4) is 0 Å². The predicted octanol–water partition coefficient (Wildman–Crippen LogP) is 9.12. The van der Waals surface area contributed by atoms with Crippen molar-refractivity contribution in [3.63, 3.8) is 0 Å². The summed E-state index contributed by atoms with van der Waals surface area (Å²) in [6.07, 6.45) is 16.1. The van der Waals surface area contributed by atoms with Crippen molar-refractivity contribution in [2.45, 2.75) is 89.9 Å². The molecule has 2 aliphatic carbocycles. The molecule has 168 valence electrons. The van der Waals surface area contributed by atoms with Gasteiger partial charge in [0.15, 0.2) is 0 Å². The fourth-order valence-corrected chi connectivity index (χ4v) is 6.35. The van der Waals surface area contributed by atoms with Gasteiger partial charge in [-0.15, -0.1) is 6.58 Å². The third-order valence-electron chi connectivity index (χ3n) is 8.15. The Balaban J connectivity index is 1.46. The number of fused-ring (bicyclic) bond motifs is 2. The van der Waals surface area contributed by atoms with E-state index in [1.54, 1.807) is 6.08 Å². The van der Waals surface area contributed by atoms with E-state index in [0.717, 1.165) is 48.0 Å². The number of unbranched alkanes of at least 4 members (excludes halogenated alkanes) is 2. The minimum absolute atomic E-state index is 0.219. The molecule has 0 bridgehead atoms. The van der Waals surface area contributed by atoms with Crippen LogP contribution in [-0.4, -0.2) is 0 Å². The molecule has 2 unspecified atom stereocenters. The van der Waals surface area contributed by atoms with E-state index in [4.69, 9.17) is 0 Å². The lowest BCUT2D eigenvalue weighted by molar-refractivity contribution is 0.112. The largest absolute Gasteiger partial charge is 0.207 e. The van der Waals surface area contributed by atoms with Crippen LogP contribution >= 0.6 is 0 Å². The number of aryl methyl sites for hydroxylation is 1. The van der Waals surface area contributed by atoms with Crippen molar-refractivity contribution in [1.29, 1.82) is 0 Å². The highest BCUT2D eigenvalue weighted by atomic mass is 19.1. The first-order chi connectivity index (χ1) is 15.1. The highest BCUT2D eigenvalue weighted by Gasteiger charge is 2.36. The predicted molar refractivity (Wildman–Crippen MR) is 127 cm³/mol. The molecule has 0 N–H and O–H groups in total. The van der Waals surface area contributed by atoms with Crippen LogP contribution in [0.3, 0.4) is 0 Å². The molecule has 0 radical (unpaired) electrons. The SMILES string of the molecule is C=CCCc1ccc2cc([C@@H]3CC[C@@H]4CC(CCCCC)CCC4C3)c(F)cc2c1F. The summed E-state index contributed by atoms with van der Waals surface area (Å²) in [6, 6.07) is 7.22. The molecule has 0 nitrogen and oxygen atoms in total. The molecule has 2 saturated carbocycles. The van der Waals surface area contributed by atoms with Gasteiger partial charge in [-0.1, -0.05) is 57.2 Å². The first kappa shape index (κ1) is 22.5. The van der Waals surface area contributed by atoms with E-state index in [2.05, 4.69) is 13.5 Å². The normalized spacial score (nSPS) is 26.0. The third-order valence-corrected chi connectivity index (χ3v) is 8.15. The van der Waals surface area contributed by atoms with Crippen molar-refractivity contribution in [1.82, 2.24) is 0 Å². The van der Waals surface area contributed by atoms with Crippen molar-refractivity contribution >= 4 is 10.8 Å². The van der Waals surface area contributed by atoms with Gasteiger partial charge in [0.25, 0.3) is 0 Å². The van der Waals surface area contributed by atoms with E-state index >= 15 is 4.39 Å². The van der Waals surface area contributed by atoms with Gasteiger partial charge in [-0.25, -0.2) is 8.78 Å². The minimum atomic E-state index is -0.269. The summed E-state index contributed by atoms with van der Waals surface area (Å²) in [7, 11) is 0. The maximum absolute atomic E-state index is 15.1. The summed E-state index contributed by atoms with van der Waals surface area (Å²) in [5, 5.41) is 1.25. The number of hydrogen-bond acceptors (Lipinski definition) is 0. The molecule has 0 heterocycles. The number of rotatable bonds is 8. The first-order valence-corrected chi connectivity index (χ1v) is 12.6. The monoisotopic (exact) mass is 424 g/mol. The second-order valence-electron chi connectivity index (χ2n) is 10.2. The van der Waals surface area contributed by atoms with Gasteiger partial charge >= 0.3 is 0 Å². The lowest BCUT2D eigenvalue weighted by atomic mass is 9.63. The van der Waals surface area contributed by atoms with Gasteiger partial charge in [0, 0.05) is 5.39 Å². The Kier molecular flexibility index (Phi) is 7.46. The van der Waals surface area contributed by atoms with Gasteiger partial charge in [0.05, 0.1) is 0 Å². The van der Waals surface area contributed by atoms with Gasteiger partial charge in [0.1, 0.15) is 11.6 Å². The Morgan fingerprint density at radius 2 is 1.81 bits per heavy atom. The van der Waals surface area contributed by atoms with Crippen LogP contribution in [0.2, 0.25) is 0 Å². The average molecular weight is 425 g/mol. The zero-order valence-electron chi connectivity index (χ0n) is 19.1. The van der Waals surface area contributed by atoms with Crippen molar-refractivity contribution in [2.75, 3.05) is 0 Å². The molecule has 4 rings (SSSR count). The lowest BCUT2D eigenvalue weighted by Gasteiger charge is -2.42. The molecule has 2 aromatic carbocycles. The zero-order chi connectivity index (χ0) is 21.8. The van der Waals surface area contributed by atoms with E-state index < -0.39 is 0 Å². The van der Waals surface area contributed by atoms with Gasteiger partial charge in [0.2, 0.25) is 0 Å². The molecule has 2 heteroatoms. The van der Waals surface area contributed by atoms with Gasteiger partial charge in [-0.3, -0.25) is 0 Å². The van der Waals surface area contributed by atoms with E-state index in [9.17, 15) is 4.39 Å². The Morgan fingerprint density at radius 1 is 1.00 bits per heavy atom.